The number of benzene rings is 1. The van der Waals surface area contributed by atoms with Gasteiger partial charge in [-0.2, -0.15) is 14.8 Å². The Morgan fingerprint density at radius 3 is 2.62 bits per heavy atom. The zero-order chi connectivity index (χ0) is 15.9. The number of nitrogen functional groups attached to an aromatic ring is 1. The highest BCUT2D eigenvalue weighted by Crippen LogP contribution is 2.22. The van der Waals surface area contributed by atoms with Gasteiger partial charge in [-0.15, -0.1) is 0 Å². The average molecular weight is 308 g/mol. The summed E-state index contributed by atoms with van der Waals surface area (Å²) in [7, 11) is -2.42. The average Bonchev–Trinajstić information content (AvgIpc) is 2.46. The van der Waals surface area contributed by atoms with E-state index < -0.39 is 10.0 Å². The van der Waals surface area contributed by atoms with Crippen molar-refractivity contribution < 1.29 is 13.2 Å². The first-order valence-electron chi connectivity index (χ1n) is 6.13. The van der Waals surface area contributed by atoms with E-state index in [4.69, 9.17) is 21.0 Å². The SMILES string of the molecule is COCCN(CCC#N)S(=O)(=O)c1ccc(N)cc1C#N. The highest BCUT2D eigenvalue weighted by molar-refractivity contribution is 7.89. The van der Waals surface area contributed by atoms with Gasteiger partial charge in [0.15, 0.2) is 0 Å². The Bertz CT molecular complexity index is 674. The highest BCUT2D eigenvalue weighted by Gasteiger charge is 2.26. The number of ether oxygens (including phenoxy) is 1. The number of nitrogens with two attached hydrogens (primary N) is 1. The summed E-state index contributed by atoms with van der Waals surface area (Å²) in [5.41, 5.74) is 5.85. The second kappa shape index (κ2) is 7.60. The van der Waals surface area contributed by atoms with Gasteiger partial charge in [-0.25, -0.2) is 8.42 Å². The molecule has 0 radical (unpaired) electrons. The molecule has 112 valence electrons. The van der Waals surface area contributed by atoms with Gasteiger partial charge in [0.25, 0.3) is 0 Å². The van der Waals surface area contributed by atoms with E-state index in [0.717, 1.165) is 4.31 Å². The van der Waals surface area contributed by atoms with E-state index in [1.807, 2.05) is 12.1 Å². The van der Waals surface area contributed by atoms with Gasteiger partial charge in [-0.1, -0.05) is 0 Å². The van der Waals surface area contributed by atoms with Crippen molar-refractivity contribution in [2.75, 3.05) is 32.5 Å². The summed E-state index contributed by atoms with van der Waals surface area (Å²) < 4.78 is 31.2. The van der Waals surface area contributed by atoms with Gasteiger partial charge >= 0.3 is 0 Å². The standard InChI is InChI=1S/C13H16N4O3S/c1-20-8-7-17(6-2-5-14)21(18,19)13-4-3-12(16)9-11(13)10-15/h3-4,9H,2,6-8,16H2,1H3. The maximum absolute atomic E-state index is 12.6. The van der Waals surface area contributed by atoms with Crippen LogP contribution in [0, 0.1) is 22.7 Å². The summed E-state index contributed by atoms with van der Waals surface area (Å²) in [5, 5.41) is 17.7. The van der Waals surface area contributed by atoms with Crippen LogP contribution >= 0.6 is 0 Å². The van der Waals surface area contributed by atoms with Crippen molar-refractivity contribution in [1.82, 2.24) is 4.31 Å². The first kappa shape index (κ1) is 16.9. The van der Waals surface area contributed by atoms with E-state index in [0.29, 0.717) is 5.69 Å². The minimum Gasteiger partial charge on any atom is -0.399 e. The summed E-state index contributed by atoms with van der Waals surface area (Å²) in [6.45, 7) is 0.342. The van der Waals surface area contributed by atoms with Gasteiger partial charge in [0, 0.05) is 32.3 Å². The van der Waals surface area contributed by atoms with Crippen LogP contribution in [0.4, 0.5) is 5.69 Å². The Morgan fingerprint density at radius 2 is 2.05 bits per heavy atom. The largest absolute Gasteiger partial charge is 0.399 e. The third-order valence-corrected chi connectivity index (χ3v) is 4.72. The molecule has 0 atom stereocenters. The minimum absolute atomic E-state index is 0.0191. The van der Waals surface area contributed by atoms with Crippen molar-refractivity contribution in [2.24, 2.45) is 0 Å². The first-order valence-corrected chi connectivity index (χ1v) is 7.57. The molecule has 0 saturated heterocycles. The van der Waals surface area contributed by atoms with Crippen LogP contribution in [-0.4, -0.2) is 39.5 Å². The Hall–Kier alpha value is -2.13. The third-order valence-electron chi connectivity index (χ3n) is 2.76. The number of anilines is 1. The number of methoxy groups -OCH3 is 1. The smallest absolute Gasteiger partial charge is 0.244 e. The number of hydrogen-bond acceptors (Lipinski definition) is 6. The van der Waals surface area contributed by atoms with E-state index in [9.17, 15) is 8.42 Å². The predicted molar refractivity (Wildman–Crippen MR) is 76.4 cm³/mol. The molecule has 0 aliphatic heterocycles. The van der Waals surface area contributed by atoms with Crippen LogP contribution in [0.1, 0.15) is 12.0 Å². The number of nitriles is 2. The van der Waals surface area contributed by atoms with Crippen molar-refractivity contribution in [3.63, 3.8) is 0 Å². The van der Waals surface area contributed by atoms with Crippen molar-refractivity contribution in [3.05, 3.63) is 23.8 Å². The Kier molecular flexibility index (Phi) is 6.12. The van der Waals surface area contributed by atoms with E-state index in [2.05, 4.69) is 0 Å². The molecule has 8 heteroatoms. The van der Waals surface area contributed by atoms with Crippen LogP contribution < -0.4 is 5.73 Å². The monoisotopic (exact) mass is 308 g/mol. The maximum Gasteiger partial charge on any atom is 0.244 e. The van der Waals surface area contributed by atoms with E-state index in [1.54, 1.807) is 0 Å². The lowest BCUT2D eigenvalue weighted by Crippen LogP contribution is -2.35. The molecule has 1 rings (SSSR count). The summed E-state index contributed by atoms with van der Waals surface area (Å²) in [6, 6.07) is 7.77. The molecular formula is C13H16N4O3S. The van der Waals surface area contributed by atoms with Crippen molar-refractivity contribution >= 4 is 15.7 Å². The fraction of sp³-hybridized carbons (Fsp3) is 0.385. The molecule has 0 bridgehead atoms. The quantitative estimate of drug-likeness (QED) is 0.740. The zero-order valence-corrected chi connectivity index (χ0v) is 12.4. The Labute approximate surface area is 124 Å². The normalized spacial score (nSPS) is 11.0. The van der Waals surface area contributed by atoms with Gasteiger partial charge in [0.05, 0.1) is 18.2 Å². The fourth-order valence-corrected chi connectivity index (χ4v) is 3.27. The van der Waals surface area contributed by atoms with Crippen molar-refractivity contribution in [3.8, 4) is 12.1 Å². The number of nitrogens with zero attached hydrogens (tertiary/aromatic N) is 3. The van der Waals surface area contributed by atoms with E-state index in [1.165, 1.54) is 25.3 Å². The summed E-state index contributed by atoms with van der Waals surface area (Å²) in [5.74, 6) is 0. The second-order valence-corrected chi connectivity index (χ2v) is 6.08. The number of hydrogen-bond donors (Lipinski definition) is 1. The summed E-state index contributed by atoms with van der Waals surface area (Å²) in [6.07, 6.45) is 0.0554. The Morgan fingerprint density at radius 1 is 1.33 bits per heavy atom. The number of sulfonamides is 1. The maximum atomic E-state index is 12.6. The molecule has 0 unspecified atom stereocenters. The van der Waals surface area contributed by atoms with Gasteiger partial charge in [-0.3, -0.25) is 0 Å². The van der Waals surface area contributed by atoms with Crippen molar-refractivity contribution in [1.29, 1.82) is 10.5 Å². The van der Waals surface area contributed by atoms with E-state index in [-0.39, 0.29) is 36.6 Å². The Balaban J connectivity index is 3.22. The molecule has 0 aliphatic carbocycles. The molecular weight excluding hydrogens is 292 g/mol. The minimum atomic E-state index is -3.88. The van der Waals surface area contributed by atoms with Gasteiger partial charge < -0.3 is 10.5 Å². The second-order valence-electron chi connectivity index (χ2n) is 4.17. The van der Waals surface area contributed by atoms with Crippen LogP contribution in [0.25, 0.3) is 0 Å². The van der Waals surface area contributed by atoms with Crippen LogP contribution in [0.3, 0.4) is 0 Å². The molecule has 0 spiro atoms. The lowest BCUT2D eigenvalue weighted by molar-refractivity contribution is 0.179. The lowest BCUT2D eigenvalue weighted by atomic mass is 10.2. The van der Waals surface area contributed by atoms with Gasteiger partial charge in [-0.05, 0) is 18.2 Å². The fourth-order valence-electron chi connectivity index (χ4n) is 1.72. The van der Waals surface area contributed by atoms with Gasteiger partial charge in [0.2, 0.25) is 10.0 Å². The molecule has 1 aromatic carbocycles. The molecule has 21 heavy (non-hydrogen) atoms. The summed E-state index contributed by atoms with van der Waals surface area (Å²) in [4.78, 5) is -0.117. The molecule has 0 aromatic heterocycles. The molecule has 2 N–H and O–H groups in total. The van der Waals surface area contributed by atoms with Crippen LogP contribution in [0.5, 0.6) is 0 Å². The third kappa shape index (κ3) is 4.17. The molecule has 0 saturated carbocycles. The number of rotatable bonds is 7. The molecule has 0 aliphatic rings. The van der Waals surface area contributed by atoms with Crippen LogP contribution in [-0.2, 0) is 14.8 Å². The lowest BCUT2D eigenvalue weighted by Gasteiger charge is -2.21. The van der Waals surface area contributed by atoms with Crippen molar-refractivity contribution in [2.45, 2.75) is 11.3 Å². The highest BCUT2D eigenvalue weighted by atomic mass is 32.2. The first-order chi connectivity index (χ1) is 9.97. The summed E-state index contributed by atoms with van der Waals surface area (Å²) >= 11 is 0. The molecule has 0 heterocycles. The molecule has 7 nitrogen and oxygen atoms in total. The van der Waals surface area contributed by atoms with E-state index >= 15 is 0 Å². The van der Waals surface area contributed by atoms with Crippen LogP contribution in [0.15, 0.2) is 23.1 Å². The zero-order valence-electron chi connectivity index (χ0n) is 11.6. The topological polar surface area (TPSA) is 120 Å². The predicted octanol–water partition coefficient (Wildman–Crippen LogP) is 0.691. The van der Waals surface area contributed by atoms with Gasteiger partial charge in [0.1, 0.15) is 11.0 Å². The van der Waals surface area contributed by atoms with Crippen LogP contribution in [0.2, 0.25) is 0 Å². The molecule has 0 amide bonds. The molecule has 0 fully saturated rings. The molecule has 1 aromatic rings.